The van der Waals surface area contributed by atoms with Crippen molar-refractivity contribution in [1.82, 2.24) is 15.0 Å². The zero-order chi connectivity index (χ0) is 28.4. The average molecular weight is 613 g/mol. The molecule has 0 radical (unpaired) electrons. The molecular weight excluding hydrogens is 578 g/mol. The molecule has 1 aromatic carbocycles. The molecule has 1 amide bonds. The van der Waals surface area contributed by atoms with Gasteiger partial charge in [-0.15, -0.1) is 0 Å². The van der Waals surface area contributed by atoms with Gasteiger partial charge in [0.2, 0.25) is 5.96 Å². The molecule has 2 aromatic rings. The molecule has 208 valence electrons. The standard InChI is InChI=1S/C25H34BrN5O6S/c1-13-14(2)21(15(3)17-8-9-25(4,5)37-20(13)17)38(35,36)31-24(27)28-10-6-7-18(23(33)34)30-22(32)19-11-16(26)12-29-19/h11-12,18,29H,6-10H2,1-5H3,(H,30,32)(H,33,34)(H3,27,28,31)/t18-/m0/s1. The summed E-state index contributed by atoms with van der Waals surface area (Å²) in [6.07, 6.45) is 3.35. The van der Waals surface area contributed by atoms with Gasteiger partial charge in [-0.3, -0.25) is 9.79 Å². The molecule has 0 saturated carbocycles. The van der Waals surface area contributed by atoms with Crippen LogP contribution in [-0.4, -0.2) is 54.5 Å². The smallest absolute Gasteiger partial charge is 0.326 e. The monoisotopic (exact) mass is 611 g/mol. The number of carboxylic acid groups (broad SMARTS) is 1. The molecule has 11 nitrogen and oxygen atoms in total. The first-order valence-corrected chi connectivity index (χ1v) is 14.4. The number of hydrogen-bond donors (Lipinski definition) is 5. The number of guanidine groups is 1. The molecule has 1 aliphatic heterocycles. The van der Waals surface area contributed by atoms with Crippen LogP contribution in [0.5, 0.6) is 5.75 Å². The minimum Gasteiger partial charge on any atom is -0.487 e. The number of amides is 1. The number of hydrogen-bond acceptors (Lipinski definition) is 6. The number of carbonyl (C=O) groups is 2. The maximum atomic E-state index is 13.3. The summed E-state index contributed by atoms with van der Waals surface area (Å²) in [7, 11) is -4.04. The lowest BCUT2D eigenvalue weighted by Gasteiger charge is -2.35. The zero-order valence-corrected chi connectivity index (χ0v) is 24.5. The van der Waals surface area contributed by atoms with Gasteiger partial charge in [-0.2, -0.15) is 0 Å². The van der Waals surface area contributed by atoms with Crippen molar-refractivity contribution in [3.05, 3.63) is 44.7 Å². The maximum absolute atomic E-state index is 13.3. The molecule has 0 bridgehead atoms. The first-order chi connectivity index (χ1) is 17.6. The third kappa shape index (κ3) is 6.68. The van der Waals surface area contributed by atoms with Crippen LogP contribution in [0.25, 0.3) is 0 Å². The van der Waals surface area contributed by atoms with E-state index in [0.717, 1.165) is 23.3 Å². The van der Waals surface area contributed by atoms with E-state index in [1.54, 1.807) is 20.0 Å². The minimum absolute atomic E-state index is 0.0617. The summed E-state index contributed by atoms with van der Waals surface area (Å²) < 4.78 is 35.8. The fourth-order valence-corrected chi connectivity index (χ4v) is 6.33. The van der Waals surface area contributed by atoms with E-state index in [-0.39, 0.29) is 41.5 Å². The number of carbonyl (C=O) groups excluding carboxylic acids is 1. The lowest BCUT2D eigenvalue weighted by Crippen LogP contribution is -2.41. The Morgan fingerprint density at radius 1 is 1.26 bits per heavy atom. The van der Waals surface area contributed by atoms with Gasteiger partial charge in [-0.1, -0.05) is 0 Å². The number of ether oxygens (including phenoxy) is 1. The zero-order valence-electron chi connectivity index (χ0n) is 22.1. The van der Waals surface area contributed by atoms with E-state index in [0.29, 0.717) is 22.0 Å². The number of nitrogens with two attached hydrogens (primary N) is 1. The van der Waals surface area contributed by atoms with E-state index < -0.39 is 27.9 Å². The summed E-state index contributed by atoms with van der Waals surface area (Å²) in [6, 6.07) is 0.390. The van der Waals surface area contributed by atoms with E-state index in [4.69, 9.17) is 10.5 Å². The number of fused-ring (bicyclic) bond motifs is 1. The molecule has 0 aliphatic carbocycles. The number of carboxylic acids is 1. The molecule has 1 aliphatic rings. The second-order valence-electron chi connectivity index (χ2n) is 9.98. The Morgan fingerprint density at radius 2 is 1.95 bits per heavy atom. The van der Waals surface area contributed by atoms with Gasteiger partial charge in [0.1, 0.15) is 23.1 Å². The Balaban J connectivity index is 1.66. The number of nitrogens with zero attached hydrogens (tertiary/aromatic N) is 1. The SMILES string of the molecule is Cc1c(C)c(S(=O)(=O)NC(N)=NCCC[C@H](NC(=O)c2cc(Br)c[nH]2)C(=O)O)c(C)c2c1OC(C)(C)CC2. The second-order valence-corrected chi connectivity index (χ2v) is 12.5. The third-order valence-electron chi connectivity index (χ3n) is 6.60. The van der Waals surface area contributed by atoms with Crippen molar-refractivity contribution in [2.24, 2.45) is 10.7 Å². The highest BCUT2D eigenvalue weighted by Gasteiger charge is 2.33. The van der Waals surface area contributed by atoms with Crippen LogP contribution in [0.15, 0.2) is 26.6 Å². The molecule has 13 heteroatoms. The molecule has 1 atom stereocenters. The fourth-order valence-electron chi connectivity index (χ4n) is 4.46. The number of nitrogens with one attached hydrogen (secondary N) is 3. The van der Waals surface area contributed by atoms with E-state index in [1.807, 2.05) is 20.8 Å². The second kappa shape index (κ2) is 11.4. The fraction of sp³-hybridized carbons (Fsp3) is 0.480. The van der Waals surface area contributed by atoms with Gasteiger partial charge in [-0.05, 0) is 105 Å². The Morgan fingerprint density at radius 3 is 2.55 bits per heavy atom. The van der Waals surface area contributed by atoms with Gasteiger partial charge in [0.25, 0.3) is 15.9 Å². The van der Waals surface area contributed by atoms with E-state index in [9.17, 15) is 23.1 Å². The molecule has 0 unspecified atom stereocenters. The predicted octanol–water partition coefficient (Wildman–Crippen LogP) is 3.06. The van der Waals surface area contributed by atoms with Crippen molar-refractivity contribution in [2.45, 2.75) is 76.8 Å². The number of rotatable bonds is 9. The number of halogens is 1. The van der Waals surface area contributed by atoms with Gasteiger partial charge < -0.3 is 25.9 Å². The van der Waals surface area contributed by atoms with Crippen LogP contribution < -0.4 is 20.5 Å². The van der Waals surface area contributed by atoms with Crippen LogP contribution in [0.3, 0.4) is 0 Å². The van der Waals surface area contributed by atoms with E-state index in [2.05, 4.69) is 35.9 Å². The van der Waals surface area contributed by atoms with Crippen molar-refractivity contribution in [2.75, 3.05) is 6.54 Å². The largest absolute Gasteiger partial charge is 0.487 e. The number of sulfonamides is 1. The molecule has 38 heavy (non-hydrogen) atoms. The van der Waals surface area contributed by atoms with E-state index in [1.165, 1.54) is 6.07 Å². The average Bonchev–Trinajstić information content (AvgIpc) is 3.24. The predicted molar refractivity (Wildman–Crippen MR) is 147 cm³/mol. The number of aliphatic imine (C=N–C) groups is 1. The highest BCUT2D eigenvalue weighted by molar-refractivity contribution is 9.10. The van der Waals surface area contributed by atoms with Crippen molar-refractivity contribution >= 4 is 43.8 Å². The first kappa shape index (κ1) is 29.5. The Kier molecular flexibility index (Phi) is 8.82. The quantitative estimate of drug-likeness (QED) is 0.164. The lowest BCUT2D eigenvalue weighted by atomic mass is 9.88. The van der Waals surface area contributed by atoms with Crippen LogP contribution in [0, 0.1) is 20.8 Å². The maximum Gasteiger partial charge on any atom is 0.326 e. The molecule has 2 heterocycles. The van der Waals surface area contributed by atoms with Gasteiger partial charge in [0.15, 0.2) is 0 Å². The van der Waals surface area contributed by atoms with Crippen molar-refractivity contribution in [3.8, 4) is 5.75 Å². The topological polar surface area (TPSA) is 176 Å². The highest BCUT2D eigenvalue weighted by atomic mass is 79.9. The lowest BCUT2D eigenvalue weighted by molar-refractivity contribution is -0.139. The molecular formula is C25H34BrN5O6S. The Hall–Kier alpha value is -3.06. The number of H-pyrrole nitrogens is 1. The molecule has 1 aromatic heterocycles. The van der Waals surface area contributed by atoms with E-state index >= 15 is 0 Å². The summed E-state index contributed by atoms with van der Waals surface area (Å²) in [5, 5.41) is 11.9. The summed E-state index contributed by atoms with van der Waals surface area (Å²) >= 11 is 3.22. The Bertz CT molecular complexity index is 1380. The van der Waals surface area contributed by atoms with Crippen LogP contribution in [0.4, 0.5) is 0 Å². The Labute approximate surface area is 230 Å². The highest BCUT2D eigenvalue weighted by Crippen LogP contribution is 2.42. The van der Waals surface area contributed by atoms with Crippen molar-refractivity contribution in [3.63, 3.8) is 0 Å². The minimum atomic E-state index is -4.04. The molecule has 6 N–H and O–H groups in total. The van der Waals surface area contributed by atoms with Gasteiger partial charge in [-0.25, -0.2) is 17.9 Å². The van der Waals surface area contributed by atoms with Crippen LogP contribution in [0.2, 0.25) is 0 Å². The molecule has 0 fully saturated rings. The summed E-state index contributed by atoms with van der Waals surface area (Å²) in [4.78, 5) is 30.8. The number of aromatic nitrogens is 1. The third-order valence-corrected chi connectivity index (χ3v) is 8.69. The van der Waals surface area contributed by atoms with Crippen molar-refractivity contribution in [1.29, 1.82) is 0 Å². The number of aromatic amines is 1. The normalized spacial score (nSPS) is 15.8. The van der Waals surface area contributed by atoms with Gasteiger partial charge in [0.05, 0.1) is 4.90 Å². The number of benzene rings is 1. The summed E-state index contributed by atoms with van der Waals surface area (Å²) in [5.74, 6) is -1.31. The van der Waals surface area contributed by atoms with Crippen molar-refractivity contribution < 1.29 is 27.9 Å². The van der Waals surface area contributed by atoms with Crippen LogP contribution >= 0.6 is 15.9 Å². The summed E-state index contributed by atoms with van der Waals surface area (Å²) in [5.41, 5.74) is 8.61. The molecule has 3 rings (SSSR count). The van der Waals surface area contributed by atoms with Crippen LogP contribution in [0.1, 0.15) is 65.9 Å². The number of aliphatic carboxylic acids is 1. The van der Waals surface area contributed by atoms with Crippen LogP contribution in [-0.2, 0) is 21.2 Å². The summed E-state index contributed by atoms with van der Waals surface area (Å²) in [6.45, 7) is 9.43. The van der Waals surface area contributed by atoms with Gasteiger partial charge in [0, 0.05) is 17.2 Å². The first-order valence-electron chi connectivity index (χ1n) is 12.1. The molecule has 0 spiro atoms. The van der Waals surface area contributed by atoms with Gasteiger partial charge >= 0.3 is 5.97 Å². The molecule has 0 saturated heterocycles.